The normalized spacial score (nSPS) is 38.9. The summed E-state index contributed by atoms with van der Waals surface area (Å²) in [6.45, 7) is 6.05. The molecule has 0 saturated heterocycles. The lowest BCUT2D eigenvalue weighted by Crippen LogP contribution is -2.43. The summed E-state index contributed by atoms with van der Waals surface area (Å²) in [6.07, 6.45) is 3.40. The van der Waals surface area contributed by atoms with E-state index in [1.54, 1.807) is 6.92 Å². The molecule has 0 spiro atoms. The van der Waals surface area contributed by atoms with Crippen LogP contribution in [0.1, 0.15) is 40.0 Å². The van der Waals surface area contributed by atoms with Crippen LogP contribution in [0.25, 0.3) is 0 Å². The van der Waals surface area contributed by atoms with E-state index in [-0.39, 0.29) is 5.41 Å². The van der Waals surface area contributed by atoms with E-state index < -0.39 is 0 Å². The SMILES string of the molecule is CCC1(C(C)=O)CCC1C. The van der Waals surface area contributed by atoms with Crippen LogP contribution in [0.3, 0.4) is 0 Å². The topological polar surface area (TPSA) is 17.1 Å². The van der Waals surface area contributed by atoms with Crippen molar-refractivity contribution in [2.45, 2.75) is 40.0 Å². The van der Waals surface area contributed by atoms with Gasteiger partial charge >= 0.3 is 0 Å². The summed E-state index contributed by atoms with van der Waals surface area (Å²) in [4.78, 5) is 11.2. The Morgan fingerprint density at radius 1 is 1.70 bits per heavy atom. The highest BCUT2D eigenvalue weighted by molar-refractivity contribution is 5.83. The van der Waals surface area contributed by atoms with E-state index in [4.69, 9.17) is 0 Å². The molecule has 0 N–H and O–H groups in total. The summed E-state index contributed by atoms with van der Waals surface area (Å²) < 4.78 is 0. The third-order valence-electron chi connectivity index (χ3n) is 3.30. The monoisotopic (exact) mass is 140 g/mol. The zero-order valence-electron chi connectivity index (χ0n) is 7.11. The van der Waals surface area contributed by atoms with Gasteiger partial charge in [-0.05, 0) is 32.1 Å². The summed E-state index contributed by atoms with van der Waals surface area (Å²) in [7, 11) is 0. The number of ketones is 1. The number of carbonyl (C=O) groups is 1. The lowest BCUT2D eigenvalue weighted by atomic mass is 9.57. The minimum atomic E-state index is 0.0833. The Kier molecular flexibility index (Phi) is 1.84. The van der Waals surface area contributed by atoms with Crippen LogP contribution >= 0.6 is 0 Å². The van der Waals surface area contributed by atoms with Crippen molar-refractivity contribution >= 4 is 5.78 Å². The standard InChI is InChI=1S/C9H16O/c1-4-9(8(3)10)6-5-7(9)2/h7H,4-6H2,1-3H3. The molecule has 2 unspecified atom stereocenters. The van der Waals surface area contributed by atoms with E-state index in [0.29, 0.717) is 11.7 Å². The minimum Gasteiger partial charge on any atom is -0.299 e. The molecule has 1 aliphatic carbocycles. The van der Waals surface area contributed by atoms with Crippen LogP contribution in [0.2, 0.25) is 0 Å². The molecule has 58 valence electrons. The molecule has 0 radical (unpaired) electrons. The van der Waals surface area contributed by atoms with Crippen molar-refractivity contribution in [2.24, 2.45) is 11.3 Å². The van der Waals surface area contributed by atoms with Gasteiger partial charge in [-0.2, -0.15) is 0 Å². The van der Waals surface area contributed by atoms with Crippen LogP contribution in [0.5, 0.6) is 0 Å². The summed E-state index contributed by atoms with van der Waals surface area (Å²) in [5, 5.41) is 0. The Balaban J connectivity index is 2.69. The summed E-state index contributed by atoms with van der Waals surface area (Å²) in [6, 6.07) is 0. The van der Waals surface area contributed by atoms with Gasteiger partial charge in [0.15, 0.2) is 0 Å². The minimum absolute atomic E-state index is 0.0833. The average molecular weight is 140 g/mol. The molecule has 0 aliphatic heterocycles. The fraction of sp³-hybridized carbons (Fsp3) is 0.889. The summed E-state index contributed by atoms with van der Waals surface area (Å²) in [5.41, 5.74) is 0.0833. The van der Waals surface area contributed by atoms with Crippen LogP contribution in [-0.4, -0.2) is 5.78 Å². The Morgan fingerprint density at radius 2 is 2.30 bits per heavy atom. The van der Waals surface area contributed by atoms with Gasteiger partial charge in [0.25, 0.3) is 0 Å². The molecule has 1 saturated carbocycles. The molecule has 0 aromatic rings. The molecule has 10 heavy (non-hydrogen) atoms. The number of hydrogen-bond acceptors (Lipinski definition) is 1. The lowest BCUT2D eigenvalue weighted by molar-refractivity contribution is -0.136. The van der Waals surface area contributed by atoms with E-state index in [0.717, 1.165) is 12.8 Å². The van der Waals surface area contributed by atoms with Crippen LogP contribution in [0.15, 0.2) is 0 Å². The Morgan fingerprint density at radius 3 is 2.30 bits per heavy atom. The Hall–Kier alpha value is -0.330. The quantitative estimate of drug-likeness (QED) is 0.575. The second-order valence-corrected chi connectivity index (χ2v) is 3.51. The van der Waals surface area contributed by atoms with E-state index >= 15 is 0 Å². The number of hydrogen-bond donors (Lipinski definition) is 0. The van der Waals surface area contributed by atoms with Crippen LogP contribution in [-0.2, 0) is 4.79 Å². The number of Topliss-reactive ketones (excluding diaryl/α,β-unsaturated/α-hetero) is 1. The van der Waals surface area contributed by atoms with Gasteiger partial charge in [0.05, 0.1) is 0 Å². The van der Waals surface area contributed by atoms with Crippen LogP contribution in [0, 0.1) is 11.3 Å². The number of carbonyl (C=O) groups excluding carboxylic acids is 1. The summed E-state index contributed by atoms with van der Waals surface area (Å²) in [5.74, 6) is 1.03. The molecule has 0 aromatic carbocycles. The zero-order chi connectivity index (χ0) is 7.78. The highest BCUT2D eigenvalue weighted by atomic mass is 16.1. The smallest absolute Gasteiger partial charge is 0.136 e. The molecule has 1 heteroatoms. The first-order chi connectivity index (χ1) is 4.63. The predicted octanol–water partition coefficient (Wildman–Crippen LogP) is 2.40. The van der Waals surface area contributed by atoms with E-state index in [1.807, 2.05) is 0 Å². The van der Waals surface area contributed by atoms with Crippen molar-refractivity contribution < 1.29 is 4.79 Å². The fourth-order valence-electron chi connectivity index (χ4n) is 2.08. The van der Waals surface area contributed by atoms with E-state index in [2.05, 4.69) is 13.8 Å². The van der Waals surface area contributed by atoms with Gasteiger partial charge in [0, 0.05) is 5.41 Å². The molecule has 0 heterocycles. The van der Waals surface area contributed by atoms with E-state index in [9.17, 15) is 4.79 Å². The molecule has 1 nitrogen and oxygen atoms in total. The van der Waals surface area contributed by atoms with Gasteiger partial charge in [0.1, 0.15) is 5.78 Å². The molecule has 0 aromatic heterocycles. The Bertz CT molecular complexity index is 147. The predicted molar refractivity (Wildman–Crippen MR) is 41.8 cm³/mol. The maximum absolute atomic E-state index is 11.2. The first-order valence-electron chi connectivity index (χ1n) is 4.14. The maximum atomic E-state index is 11.2. The highest BCUT2D eigenvalue weighted by Gasteiger charge is 2.45. The third-order valence-corrected chi connectivity index (χ3v) is 3.30. The number of rotatable bonds is 2. The second kappa shape index (κ2) is 2.37. The molecule has 0 amide bonds. The molecule has 1 rings (SSSR count). The summed E-state index contributed by atoms with van der Waals surface area (Å²) >= 11 is 0. The van der Waals surface area contributed by atoms with Crippen molar-refractivity contribution in [3.05, 3.63) is 0 Å². The first-order valence-corrected chi connectivity index (χ1v) is 4.14. The third kappa shape index (κ3) is 0.799. The van der Waals surface area contributed by atoms with Crippen molar-refractivity contribution in [1.29, 1.82) is 0 Å². The second-order valence-electron chi connectivity index (χ2n) is 3.51. The maximum Gasteiger partial charge on any atom is 0.136 e. The van der Waals surface area contributed by atoms with E-state index in [1.165, 1.54) is 6.42 Å². The van der Waals surface area contributed by atoms with Gasteiger partial charge in [0.2, 0.25) is 0 Å². The average Bonchev–Trinajstić information content (AvgIpc) is 1.86. The Labute approximate surface area is 62.8 Å². The van der Waals surface area contributed by atoms with Gasteiger partial charge in [-0.3, -0.25) is 4.79 Å². The van der Waals surface area contributed by atoms with Crippen molar-refractivity contribution in [1.82, 2.24) is 0 Å². The molecular formula is C9H16O. The van der Waals surface area contributed by atoms with Gasteiger partial charge in [-0.1, -0.05) is 13.8 Å². The van der Waals surface area contributed by atoms with Crippen LogP contribution < -0.4 is 0 Å². The molecule has 1 aliphatic rings. The largest absolute Gasteiger partial charge is 0.299 e. The van der Waals surface area contributed by atoms with Crippen LogP contribution in [0.4, 0.5) is 0 Å². The fourth-order valence-corrected chi connectivity index (χ4v) is 2.08. The van der Waals surface area contributed by atoms with Gasteiger partial charge in [-0.25, -0.2) is 0 Å². The highest BCUT2D eigenvalue weighted by Crippen LogP contribution is 2.49. The lowest BCUT2D eigenvalue weighted by Gasteiger charge is -2.45. The van der Waals surface area contributed by atoms with Gasteiger partial charge < -0.3 is 0 Å². The van der Waals surface area contributed by atoms with Crippen molar-refractivity contribution in [3.63, 3.8) is 0 Å². The molecule has 0 bridgehead atoms. The molecule has 2 atom stereocenters. The molecular weight excluding hydrogens is 124 g/mol. The zero-order valence-corrected chi connectivity index (χ0v) is 7.11. The molecule has 1 fully saturated rings. The van der Waals surface area contributed by atoms with Crippen molar-refractivity contribution in [2.75, 3.05) is 0 Å². The van der Waals surface area contributed by atoms with Gasteiger partial charge in [-0.15, -0.1) is 0 Å². The van der Waals surface area contributed by atoms with Crippen molar-refractivity contribution in [3.8, 4) is 0 Å². The first kappa shape index (κ1) is 7.77.